The van der Waals surface area contributed by atoms with E-state index in [1.807, 2.05) is 5.38 Å². The van der Waals surface area contributed by atoms with E-state index >= 15 is 0 Å². The van der Waals surface area contributed by atoms with Gasteiger partial charge in [-0.05, 0) is 49.6 Å². The summed E-state index contributed by atoms with van der Waals surface area (Å²) in [5.41, 5.74) is 1.01. The summed E-state index contributed by atoms with van der Waals surface area (Å²) in [6.07, 6.45) is 2.55. The highest BCUT2D eigenvalue weighted by molar-refractivity contribution is 7.13. The molecule has 0 radical (unpaired) electrons. The highest BCUT2D eigenvalue weighted by Crippen LogP contribution is 2.21. The molecule has 1 atom stereocenters. The molecule has 0 aliphatic carbocycles. The largest absolute Gasteiger partial charge is 0.484 e. The van der Waals surface area contributed by atoms with Crippen molar-refractivity contribution in [3.63, 3.8) is 0 Å². The van der Waals surface area contributed by atoms with Crippen molar-refractivity contribution < 1.29 is 9.53 Å². The molecule has 1 aromatic carbocycles. The molecule has 1 unspecified atom stereocenters. The Labute approximate surface area is 157 Å². The number of hydrogen-bond donors (Lipinski definition) is 1. The van der Waals surface area contributed by atoms with E-state index in [9.17, 15) is 4.79 Å². The Morgan fingerprint density at radius 1 is 1.44 bits per heavy atom. The maximum atomic E-state index is 12.0. The predicted molar refractivity (Wildman–Crippen MR) is 101 cm³/mol. The normalized spacial score (nSPS) is 18.1. The Morgan fingerprint density at radius 3 is 3.00 bits per heavy atom. The van der Waals surface area contributed by atoms with E-state index in [0.717, 1.165) is 31.2 Å². The van der Waals surface area contributed by atoms with Crippen LogP contribution in [0.4, 0.5) is 5.13 Å². The number of aromatic nitrogens is 1. The zero-order valence-corrected chi connectivity index (χ0v) is 15.8. The number of likely N-dealkylation sites (tertiary alicyclic amines) is 1. The van der Waals surface area contributed by atoms with Crippen molar-refractivity contribution in [1.82, 2.24) is 9.88 Å². The quantitative estimate of drug-likeness (QED) is 0.822. The number of hydrogen-bond acceptors (Lipinski definition) is 5. The standard InChI is InChI=1S/C18H22ClN3O2S/c1-13-3-2-8-22(9-13)10-15-12-25-18(20-15)21-17(23)11-24-16-6-4-14(19)5-7-16/h4-7,12-13H,2-3,8-11H2,1H3,(H,20,21,23). The lowest BCUT2D eigenvalue weighted by Gasteiger charge is -2.30. The molecule has 1 aromatic heterocycles. The third-order valence-corrected chi connectivity index (χ3v) is 5.17. The van der Waals surface area contributed by atoms with Gasteiger partial charge >= 0.3 is 0 Å². The molecule has 2 aromatic rings. The minimum absolute atomic E-state index is 0.0554. The summed E-state index contributed by atoms with van der Waals surface area (Å²) in [7, 11) is 0. The van der Waals surface area contributed by atoms with Crippen molar-refractivity contribution in [2.45, 2.75) is 26.3 Å². The number of anilines is 1. The van der Waals surface area contributed by atoms with Gasteiger partial charge in [-0.1, -0.05) is 18.5 Å². The second kappa shape index (κ2) is 8.65. The van der Waals surface area contributed by atoms with Gasteiger partial charge in [-0.3, -0.25) is 15.0 Å². The topological polar surface area (TPSA) is 54.5 Å². The highest BCUT2D eigenvalue weighted by atomic mass is 35.5. The molecule has 2 heterocycles. The van der Waals surface area contributed by atoms with Gasteiger partial charge in [0.25, 0.3) is 5.91 Å². The molecule has 1 amide bonds. The van der Waals surface area contributed by atoms with Crippen LogP contribution in [-0.4, -0.2) is 35.5 Å². The fraction of sp³-hybridized carbons (Fsp3) is 0.444. The van der Waals surface area contributed by atoms with Crippen molar-refractivity contribution in [3.05, 3.63) is 40.4 Å². The number of piperidine rings is 1. The van der Waals surface area contributed by atoms with Gasteiger partial charge in [-0.15, -0.1) is 11.3 Å². The average Bonchev–Trinajstić information content (AvgIpc) is 3.01. The first kappa shape index (κ1) is 18.2. The van der Waals surface area contributed by atoms with Crippen LogP contribution in [-0.2, 0) is 11.3 Å². The summed E-state index contributed by atoms with van der Waals surface area (Å²) in [4.78, 5) is 18.9. The number of carbonyl (C=O) groups excluding carboxylic acids is 1. The Hall–Kier alpha value is -1.63. The van der Waals surface area contributed by atoms with Crippen LogP contribution < -0.4 is 10.1 Å². The first-order chi connectivity index (χ1) is 12.1. The first-order valence-electron chi connectivity index (χ1n) is 8.43. The molecule has 1 saturated heterocycles. The van der Waals surface area contributed by atoms with Gasteiger partial charge in [0, 0.05) is 23.5 Å². The third-order valence-electron chi connectivity index (χ3n) is 4.11. The van der Waals surface area contributed by atoms with E-state index in [2.05, 4.69) is 22.1 Å². The Balaban J connectivity index is 1.45. The van der Waals surface area contributed by atoms with Crippen LogP contribution in [0.3, 0.4) is 0 Å². The van der Waals surface area contributed by atoms with Crippen LogP contribution in [0, 0.1) is 5.92 Å². The van der Waals surface area contributed by atoms with Crippen molar-refractivity contribution in [1.29, 1.82) is 0 Å². The molecule has 1 aliphatic heterocycles. The molecule has 0 bridgehead atoms. The van der Waals surface area contributed by atoms with E-state index in [-0.39, 0.29) is 12.5 Å². The lowest BCUT2D eigenvalue weighted by molar-refractivity contribution is -0.118. The number of halogens is 1. The third kappa shape index (κ3) is 5.70. The number of amides is 1. The molecule has 3 rings (SSSR count). The first-order valence-corrected chi connectivity index (χ1v) is 9.69. The van der Waals surface area contributed by atoms with Crippen LogP contribution in [0.2, 0.25) is 5.02 Å². The SMILES string of the molecule is CC1CCCN(Cc2csc(NC(=O)COc3ccc(Cl)cc3)n2)C1. The maximum Gasteiger partial charge on any atom is 0.264 e. The van der Waals surface area contributed by atoms with E-state index in [1.54, 1.807) is 24.3 Å². The zero-order valence-electron chi connectivity index (χ0n) is 14.2. The second-order valence-electron chi connectivity index (χ2n) is 6.42. The van der Waals surface area contributed by atoms with Crippen molar-refractivity contribution in [2.75, 3.05) is 25.0 Å². The molecule has 7 heteroatoms. The average molecular weight is 380 g/mol. The summed E-state index contributed by atoms with van der Waals surface area (Å²) >= 11 is 7.26. The number of nitrogens with zero attached hydrogens (tertiary/aromatic N) is 2. The number of nitrogens with one attached hydrogen (secondary N) is 1. The van der Waals surface area contributed by atoms with Gasteiger partial charge in [-0.2, -0.15) is 0 Å². The van der Waals surface area contributed by atoms with Crippen molar-refractivity contribution in [2.24, 2.45) is 5.92 Å². The zero-order chi connectivity index (χ0) is 17.6. The van der Waals surface area contributed by atoms with Crippen molar-refractivity contribution >= 4 is 34.0 Å². The molecule has 0 spiro atoms. The monoisotopic (exact) mass is 379 g/mol. The van der Waals surface area contributed by atoms with E-state index in [0.29, 0.717) is 15.9 Å². The number of benzene rings is 1. The summed E-state index contributed by atoms with van der Waals surface area (Å²) in [6, 6.07) is 6.92. The van der Waals surface area contributed by atoms with Crippen LogP contribution in [0.5, 0.6) is 5.75 Å². The molecule has 1 fully saturated rings. The summed E-state index contributed by atoms with van der Waals surface area (Å²) in [5.74, 6) is 1.14. The molecular weight excluding hydrogens is 358 g/mol. The minimum atomic E-state index is -0.220. The summed E-state index contributed by atoms with van der Waals surface area (Å²) in [5, 5.41) is 6.05. The number of thiazole rings is 1. The lowest BCUT2D eigenvalue weighted by Crippen LogP contribution is -2.33. The van der Waals surface area contributed by atoms with Crippen LogP contribution in [0.25, 0.3) is 0 Å². The highest BCUT2D eigenvalue weighted by Gasteiger charge is 2.17. The smallest absolute Gasteiger partial charge is 0.264 e. The molecule has 0 saturated carbocycles. The van der Waals surface area contributed by atoms with Gasteiger partial charge < -0.3 is 4.74 Å². The number of carbonyl (C=O) groups is 1. The van der Waals surface area contributed by atoms with Crippen LogP contribution in [0.15, 0.2) is 29.6 Å². The molecule has 1 N–H and O–H groups in total. The fourth-order valence-corrected chi connectivity index (χ4v) is 3.78. The molecule has 1 aliphatic rings. The maximum absolute atomic E-state index is 12.0. The summed E-state index contributed by atoms with van der Waals surface area (Å²) < 4.78 is 5.43. The number of ether oxygens (including phenoxy) is 1. The Kier molecular flexibility index (Phi) is 6.29. The predicted octanol–water partition coefficient (Wildman–Crippen LogP) is 4.05. The molecule has 25 heavy (non-hydrogen) atoms. The van der Waals surface area contributed by atoms with Gasteiger partial charge in [0.05, 0.1) is 5.69 Å². The Bertz CT molecular complexity index is 705. The Morgan fingerprint density at radius 2 is 2.24 bits per heavy atom. The van der Waals surface area contributed by atoms with Crippen LogP contribution in [0.1, 0.15) is 25.5 Å². The van der Waals surface area contributed by atoms with E-state index in [1.165, 1.54) is 24.2 Å². The van der Waals surface area contributed by atoms with Crippen molar-refractivity contribution in [3.8, 4) is 5.75 Å². The second-order valence-corrected chi connectivity index (χ2v) is 7.71. The van der Waals surface area contributed by atoms with Gasteiger partial charge in [0.1, 0.15) is 5.75 Å². The van der Waals surface area contributed by atoms with Gasteiger partial charge in [0.2, 0.25) is 0 Å². The molecule has 5 nitrogen and oxygen atoms in total. The van der Waals surface area contributed by atoms with Gasteiger partial charge in [-0.25, -0.2) is 4.98 Å². The molecule has 134 valence electrons. The van der Waals surface area contributed by atoms with E-state index in [4.69, 9.17) is 16.3 Å². The van der Waals surface area contributed by atoms with Crippen LogP contribution >= 0.6 is 22.9 Å². The minimum Gasteiger partial charge on any atom is -0.484 e. The van der Waals surface area contributed by atoms with Gasteiger partial charge in [0.15, 0.2) is 11.7 Å². The lowest BCUT2D eigenvalue weighted by atomic mass is 10.0. The van der Waals surface area contributed by atoms with E-state index < -0.39 is 0 Å². The fourth-order valence-electron chi connectivity index (χ4n) is 2.93. The number of rotatable bonds is 6. The summed E-state index contributed by atoms with van der Waals surface area (Å²) in [6.45, 7) is 5.32. The molecular formula is C18H22ClN3O2S.